The molecule has 0 saturated heterocycles. The Morgan fingerprint density at radius 1 is 0.609 bits per heavy atom. The predicted octanol–water partition coefficient (Wildman–Crippen LogP) is 7.88. The van der Waals surface area contributed by atoms with Gasteiger partial charge in [0, 0.05) is 0 Å². The smallest absolute Gasteiger partial charge is 0.0279 e. The van der Waals surface area contributed by atoms with Gasteiger partial charge < -0.3 is 0 Å². The van der Waals surface area contributed by atoms with Crippen molar-refractivity contribution in [1.29, 1.82) is 0 Å². The SMILES string of the molecule is CP(C)CCCCCCCCCCCCCc1ccccc1.I. The van der Waals surface area contributed by atoms with Crippen molar-refractivity contribution in [3.8, 4) is 0 Å². The fourth-order valence-corrected chi connectivity index (χ4v) is 3.85. The highest BCUT2D eigenvalue weighted by Crippen LogP contribution is 2.26. The van der Waals surface area contributed by atoms with E-state index in [0.717, 1.165) is 0 Å². The minimum atomic E-state index is 0. The second kappa shape index (κ2) is 17.2. The van der Waals surface area contributed by atoms with Crippen LogP contribution >= 0.6 is 31.9 Å². The lowest BCUT2D eigenvalue weighted by Gasteiger charge is -2.05. The summed E-state index contributed by atoms with van der Waals surface area (Å²) in [4.78, 5) is 0. The first-order valence-electron chi connectivity index (χ1n) is 9.47. The van der Waals surface area contributed by atoms with E-state index >= 15 is 0 Å². The first-order chi connectivity index (χ1) is 10.8. The minimum Gasteiger partial charge on any atom is -0.113 e. The van der Waals surface area contributed by atoms with Crippen LogP contribution in [0.1, 0.15) is 76.2 Å². The van der Waals surface area contributed by atoms with Crippen molar-refractivity contribution in [2.45, 2.75) is 77.0 Å². The van der Waals surface area contributed by atoms with Gasteiger partial charge in [-0.3, -0.25) is 0 Å². The first-order valence-corrected chi connectivity index (χ1v) is 11.9. The lowest BCUT2D eigenvalue weighted by molar-refractivity contribution is 0.550. The van der Waals surface area contributed by atoms with Gasteiger partial charge >= 0.3 is 0 Å². The Bertz CT molecular complexity index is 337. The zero-order chi connectivity index (χ0) is 15.9. The molecule has 0 heterocycles. The molecule has 0 fully saturated rings. The lowest BCUT2D eigenvalue weighted by Crippen LogP contribution is -1.86. The Morgan fingerprint density at radius 3 is 1.52 bits per heavy atom. The third-order valence-electron chi connectivity index (χ3n) is 4.41. The lowest BCUT2D eigenvalue weighted by atomic mass is 10.0. The molecule has 0 amide bonds. The Labute approximate surface area is 164 Å². The molecule has 0 aliphatic heterocycles. The molecule has 0 saturated carbocycles. The third-order valence-corrected chi connectivity index (χ3v) is 5.62. The quantitative estimate of drug-likeness (QED) is 0.154. The fourth-order valence-electron chi connectivity index (χ4n) is 2.99. The van der Waals surface area contributed by atoms with Gasteiger partial charge in [0.1, 0.15) is 0 Å². The van der Waals surface area contributed by atoms with E-state index in [2.05, 4.69) is 43.7 Å². The maximum Gasteiger partial charge on any atom is -0.0279 e. The Kier molecular flexibility index (Phi) is 17.5. The van der Waals surface area contributed by atoms with Gasteiger partial charge in [-0.1, -0.05) is 88.1 Å². The molecule has 0 atom stereocenters. The second-order valence-electron chi connectivity index (χ2n) is 6.93. The van der Waals surface area contributed by atoms with Gasteiger partial charge in [-0.2, -0.15) is 0 Å². The normalized spacial score (nSPS) is 10.7. The van der Waals surface area contributed by atoms with Crippen LogP contribution < -0.4 is 0 Å². The molecule has 2 heteroatoms. The molecule has 0 N–H and O–H groups in total. The van der Waals surface area contributed by atoms with Crippen LogP contribution in [-0.4, -0.2) is 19.5 Å². The minimum absolute atomic E-state index is 0. The number of rotatable bonds is 14. The molecule has 0 aliphatic rings. The van der Waals surface area contributed by atoms with E-state index in [-0.39, 0.29) is 24.0 Å². The number of hydrogen-bond acceptors (Lipinski definition) is 0. The maximum absolute atomic E-state index is 2.40. The van der Waals surface area contributed by atoms with Gasteiger partial charge in [0.05, 0.1) is 0 Å². The molecule has 0 aromatic heterocycles. The Hall–Kier alpha value is 0.380. The van der Waals surface area contributed by atoms with Crippen LogP contribution in [0.3, 0.4) is 0 Å². The van der Waals surface area contributed by atoms with E-state index in [4.69, 9.17) is 0 Å². The van der Waals surface area contributed by atoms with Crippen molar-refractivity contribution in [2.75, 3.05) is 19.5 Å². The summed E-state index contributed by atoms with van der Waals surface area (Å²) in [6.45, 7) is 4.80. The van der Waals surface area contributed by atoms with E-state index in [0.29, 0.717) is 7.92 Å². The first kappa shape index (κ1) is 23.4. The van der Waals surface area contributed by atoms with Crippen molar-refractivity contribution < 1.29 is 0 Å². The summed E-state index contributed by atoms with van der Waals surface area (Å²) >= 11 is 0. The highest BCUT2D eigenvalue weighted by molar-refractivity contribution is 14.0. The molecule has 0 unspecified atom stereocenters. The van der Waals surface area contributed by atoms with Gasteiger partial charge in [0.15, 0.2) is 0 Å². The van der Waals surface area contributed by atoms with Gasteiger partial charge in [0.25, 0.3) is 0 Å². The summed E-state index contributed by atoms with van der Waals surface area (Å²) in [5.41, 5.74) is 1.50. The molecule has 0 spiro atoms. The van der Waals surface area contributed by atoms with Crippen molar-refractivity contribution in [1.82, 2.24) is 0 Å². The molecular weight excluding hydrogens is 410 g/mol. The highest BCUT2D eigenvalue weighted by atomic mass is 127. The topological polar surface area (TPSA) is 0 Å². The zero-order valence-corrected chi connectivity index (χ0v) is 18.7. The monoisotopic (exact) mass is 448 g/mol. The Balaban J connectivity index is 0.00000484. The van der Waals surface area contributed by atoms with E-state index in [1.165, 1.54) is 88.8 Å². The van der Waals surface area contributed by atoms with Gasteiger partial charge in [-0.05, 0) is 44.3 Å². The van der Waals surface area contributed by atoms with E-state index in [9.17, 15) is 0 Å². The molecule has 1 aromatic carbocycles. The van der Waals surface area contributed by atoms with Crippen LogP contribution in [0.4, 0.5) is 0 Å². The predicted molar refractivity (Wildman–Crippen MR) is 120 cm³/mol. The fraction of sp³-hybridized carbons (Fsp3) is 0.714. The summed E-state index contributed by atoms with van der Waals surface area (Å²) < 4.78 is 0. The molecule has 0 radical (unpaired) electrons. The van der Waals surface area contributed by atoms with Crippen molar-refractivity contribution in [3.63, 3.8) is 0 Å². The number of halogens is 1. The summed E-state index contributed by atoms with van der Waals surface area (Å²) in [5, 5.41) is 0. The molecule has 1 aromatic rings. The van der Waals surface area contributed by atoms with Gasteiger partial charge in [-0.15, -0.1) is 31.9 Å². The van der Waals surface area contributed by atoms with Crippen molar-refractivity contribution >= 4 is 31.9 Å². The number of aryl methyl sites for hydroxylation is 1. The van der Waals surface area contributed by atoms with E-state index in [1.54, 1.807) is 0 Å². The van der Waals surface area contributed by atoms with Crippen LogP contribution in [0.5, 0.6) is 0 Å². The van der Waals surface area contributed by atoms with E-state index in [1.807, 2.05) is 0 Å². The van der Waals surface area contributed by atoms with Crippen LogP contribution in [0.25, 0.3) is 0 Å². The largest absolute Gasteiger partial charge is 0.113 e. The van der Waals surface area contributed by atoms with Crippen LogP contribution in [0.15, 0.2) is 30.3 Å². The average molecular weight is 448 g/mol. The number of unbranched alkanes of at least 4 members (excludes halogenated alkanes) is 10. The summed E-state index contributed by atoms with van der Waals surface area (Å²) in [5.74, 6) is 0. The molecular formula is C21H38IP. The van der Waals surface area contributed by atoms with Crippen LogP contribution in [-0.2, 0) is 6.42 Å². The Morgan fingerprint density at radius 2 is 1.04 bits per heavy atom. The number of benzene rings is 1. The number of hydrogen-bond donors (Lipinski definition) is 0. The molecule has 134 valence electrons. The standard InChI is InChI=1S/C21H37P.HI/c1-22(2)20-16-11-9-7-5-3-4-6-8-10-13-17-21-18-14-12-15-19-21;/h12,14-15,18-19H,3-11,13,16-17,20H2,1-2H3;1H. The summed E-state index contributed by atoms with van der Waals surface area (Å²) in [6, 6.07) is 10.9. The van der Waals surface area contributed by atoms with Crippen LogP contribution in [0.2, 0.25) is 0 Å². The van der Waals surface area contributed by atoms with Gasteiger partial charge in [-0.25, -0.2) is 0 Å². The van der Waals surface area contributed by atoms with E-state index < -0.39 is 0 Å². The van der Waals surface area contributed by atoms with Crippen LogP contribution in [0, 0.1) is 0 Å². The third kappa shape index (κ3) is 15.6. The molecule has 1 rings (SSSR count). The van der Waals surface area contributed by atoms with Crippen molar-refractivity contribution in [3.05, 3.63) is 35.9 Å². The molecule has 0 bridgehead atoms. The summed E-state index contributed by atoms with van der Waals surface area (Å²) in [7, 11) is 0.347. The van der Waals surface area contributed by atoms with Gasteiger partial charge in [0.2, 0.25) is 0 Å². The summed E-state index contributed by atoms with van der Waals surface area (Å²) in [6.07, 6.45) is 18.7. The molecule has 0 nitrogen and oxygen atoms in total. The molecule has 0 aliphatic carbocycles. The second-order valence-corrected chi connectivity index (χ2v) is 9.53. The molecule has 23 heavy (non-hydrogen) atoms. The maximum atomic E-state index is 2.40. The highest BCUT2D eigenvalue weighted by Gasteiger charge is 1.96. The van der Waals surface area contributed by atoms with Crippen molar-refractivity contribution in [2.24, 2.45) is 0 Å². The average Bonchev–Trinajstić information content (AvgIpc) is 2.52. The zero-order valence-electron chi connectivity index (χ0n) is 15.4.